The summed E-state index contributed by atoms with van der Waals surface area (Å²) < 4.78 is 147. The Labute approximate surface area is 677 Å². The van der Waals surface area contributed by atoms with Crippen LogP contribution in [0, 0.1) is 101 Å². The Balaban J connectivity index is -0.00000144. The number of esters is 1. The van der Waals surface area contributed by atoms with Crippen molar-refractivity contribution in [3.63, 3.8) is 0 Å². The van der Waals surface area contributed by atoms with E-state index in [0.717, 1.165) is 32.6 Å². The van der Waals surface area contributed by atoms with Gasteiger partial charge in [0.15, 0.2) is 41.1 Å². The summed E-state index contributed by atoms with van der Waals surface area (Å²) in [7, 11) is 0. The number of carbonyl (C=O) groups is 12. The van der Waals surface area contributed by atoms with Gasteiger partial charge in [0.25, 0.3) is 0 Å². The molecule has 0 saturated carbocycles. The van der Waals surface area contributed by atoms with Crippen LogP contribution in [0.15, 0.2) is 0 Å². The Hall–Kier alpha value is -5.48. The lowest BCUT2D eigenvalue weighted by atomic mass is 9.90. The van der Waals surface area contributed by atoms with Crippen LogP contribution in [-0.4, -0.2) is 151 Å². The first-order valence-corrected chi connectivity index (χ1v) is 39.6. The van der Waals surface area contributed by atoms with Crippen molar-refractivity contribution in [1.82, 2.24) is 26.6 Å². The fourth-order valence-corrected chi connectivity index (χ4v) is 10.1. The third-order valence-corrected chi connectivity index (χ3v) is 16.2. The molecule has 3 heterocycles. The molecule has 13 atom stereocenters. The van der Waals surface area contributed by atoms with Gasteiger partial charge in [0.05, 0.1) is 12.5 Å². The molecule has 5 amide bonds. The Bertz CT molecular complexity index is 3360. The average molecular weight is 1550 g/mol. The topological polar surface area (TPSA) is 332 Å². The van der Waals surface area contributed by atoms with E-state index in [9.17, 15) is 57.5 Å². The number of carboxylic acids is 1. The second-order valence-electron chi connectivity index (χ2n) is 31.6. The van der Waals surface area contributed by atoms with Gasteiger partial charge in [-0.3, -0.25) is 52.7 Å². The van der Waals surface area contributed by atoms with Gasteiger partial charge in [-0.2, -0.15) is 0 Å². The van der Waals surface area contributed by atoms with E-state index in [1.807, 2.05) is 76.2 Å². The highest BCUT2D eigenvalue weighted by atomic mass is 16.6. The minimum atomic E-state index is -2.95. The molecule has 108 heavy (non-hydrogen) atoms. The van der Waals surface area contributed by atoms with Crippen LogP contribution in [0.2, 0.25) is 0 Å². The summed E-state index contributed by atoms with van der Waals surface area (Å²) >= 11 is 0. The number of amides is 5. The lowest BCUT2D eigenvalue weighted by Crippen LogP contribution is -2.35. The molecule has 3 fully saturated rings. The minimum Gasteiger partial charge on any atom is -0.481 e. The predicted molar refractivity (Wildman–Crippen MR) is 431 cm³/mol. The first-order chi connectivity index (χ1) is 56.3. The van der Waals surface area contributed by atoms with Crippen LogP contribution in [0.4, 0.5) is 0 Å². The highest BCUT2D eigenvalue weighted by Gasteiger charge is 2.52. The van der Waals surface area contributed by atoms with Crippen LogP contribution in [-0.2, 0) is 76.5 Å². The lowest BCUT2D eigenvalue weighted by Gasteiger charge is -2.18. The summed E-state index contributed by atoms with van der Waals surface area (Å²) in [5, 5.41) is 22.3. The van der Waals surface area contributed by atoms with Gasteiger partial charge in [0.2, 0.25) is 29.5 Å². The standard InChI is InChI=1S/C18H31NO5.2C17H29NO4.2C13H27NO.C8H16O2/c1-6-23-18(22)16-15(24-16)14(20)10-13(9-12(4)5)17(21)19-8-7-11(2)3;2*1-10(2)6-7-18-17(21)13(8-11(3)4)9-14(20)16-15(22-16)12(5)19;2*1-6-12(9-11(4)5)13(15)14-8-7-10(2)3;1-4-7(8(9)10)5-6(2)3/h11-13,15-16H,6-10H2,1-5H3,(H,19,21);2*10-11,13,15-16H,6-9H2,1-5H3,(H,18,21);2*10-12H,6-9H2,1-5H3,(H,14,15);6-7H,4-5H2,1-3H3,(H,9,10)/t13-,15-,16+;13-,15+,16+;13-,15-,16-;2*12-;7-/m101100/s1/i9D2;13D;8D2;4D3,9D2,11D,12D;9D2;5D2/t3m;11?,12-;2m. The fourth-order valence-electron chi connectivity index (χ4n) is 10.1. The van der Waals surface area contributed by atoms with Gasteiger partial charge in [-0.1, -0.05) is 173 Å². The lowest BCUT2D eigenvalue weighted by molar-refractivity contribution is -0.145. The number of epoxide rings is 3. The molecule has 3 saturated heterocycles. The number of carbonyl (C=O) groups excluding carboxylic acids is 11. The second kappa shape index (κ2) is 59.3. The molecule has 22 heteroatoms. The Morgan fingerprint density at radius 3 is 0.935 bits per heavy atom. The minimum absolute atomic E-state index is 0.111. The molecule has 0 aromatic carbocycles. The van der Waals surface area contributed by atoms with E-state index >= 15 is 0 Å². The van der Waals surface area contributed by atoms with Crippen LogP contribution in [0.1, 0.15) is 325 Å². The monoisotopic (exact) mass is 1550 g/mol. The molecular weight excluding hydrogens is 1370 g/mol. The maximum atomic E-state index is 12.5. The van der Waals surface area contributed by atoms with Gasteiger partial charge in [0.1, 0.15) is 24.4 Å². The smallest absolute Gasteiger partial charge is 0.338 e. The van der Waals surface area contributed by atoms with E-state index in [4.69, 9.17) is 46.0 Å². The number of nitrogens with one attached hydrogen (secondary N) is 5. The van der Waals surface area contributed by atoms with Crippen molar-refractivity contribution in [3.8, 4) is 0 Å². The normalized spacial score (nSPS) is 22.5. The van der Waals surface area contributed by atoms with Crippen molar-refractivity contribution in [2.75, 3.05) is 39.3 Å². The zero-order chi connectivity index (χ0) is 98.1. The molecular formula is C86H159N5O17. The molecule has 0 aromatic rings. The number of aliphatic carboxylic acids is 1. The van der Waals surface area contributed by atoms with Crippen LogP contribution < -0.4 is 26.6 Å². The Morgan fingerprint density at radius 2 is 0.667 bits per heavy atom. The first kappa shape index (κ1) is 79.2. The van der Waals surface area contributed by atoms with Crippen molar-refractivity contribution in [2.24, 2.45) is 101 Å². The highest BCUT2D eigenvalue weighted by Crippen LogP contribution is 2.31. The van der Waals surface area contributed by atoms with Crippen molar-refractivity contribution in [2.45, 2.75) is 339 Å². The number of ether oxygens (including phenoxy) is 4. The second-order valence-corrected chi connectivity index (χ2v) is 31.6. The Kier molecular flexibility index (Phi) is 43.5. The number of carboxylic acid groups (broad SMARTS) is 1. The van der Waals surface area contributed by atoms with Crippen molar-refractivity contribution in [1.29, 1.82) is 0 Å². The molecule has 3 aliphatic rings. The van der Waals surface area contributed by atoms with Crippen LogP contribution in [0.25, 0.3) is 0 Å². The molecule has 0 aliphatic carbocycles. The summed E-state index contributed by atoms with van der Waals surface area (Å²) in [6.45, 7) is 47.9. The predicted octanol–water partition coefficient (Wildman–Crippen LogP) is 14.9. The molecule has 630 valence electrons. The molecule has 3 aliphatic heterocycles. The van der Waals surface area contributed by atoms with E-state index in [-0.39, 0.29) is 85.6 Å². The molecule has 22 nitrogen and oxygen atoms in total. The number of ketones is 5. The summed E-state index contributed by atoms with van der Waals surface area (Å²) in [5.74, 6) is -14.7. The summed E-state index contributed by atoms with van der Waals surface area (Å²) in [4.78, 5) is 143. The SMILES string of the molecule is [2H]C([2H])(C(C)C)[C@H](CC(=O)[C@H]1O[C@@H]1C(=O)OCC)C(=O)NCCC(C)C.[2H]C([2H])(C(C)C)[C@H](CC(=O)[C@H]1O[C@@H]1C(C)=O)C(=O)NCCC(C)C.[2H]C([2H])(C(C)C)[C@H](CC)C(=O)NCCC(C)C.[2H]C([2H])(C(C)C)[C@H](CC)C(=O)O.[2H]C([2H])([2H])C([2H])(C)C([2H])([2H])[C@@]([2H])(CC)C(=O)NCCC(C)C.[2H][C@@](CC(=O)[C@H]1O[C@@H]1C(C)=O)(CC(C)C)C(=O)NCCC(C)C. The molecule has 0 radical (unpaired) electrons. The van der Waals surface area contributed by atoms with Gasteiger partial charge in [-0.15, -0.1) is 0 Å². The van der Waals surface area contributed by atoms with Gasteiger partial charge in [-0.05, 0) is 175 Å². The third kappa shape index (κ3) is 54.2. The molecule has 6 N–H and O–H groups in total. The van der Waals surface area contributed by atoms with Gasteiger partial charge < -0.3 is 50.6 Å². The maximum Gasteiger partial charge on any atom is 0.338 e. The Morgan fingerprint density at radius 1 is 0.370 bits per heavy atom. The molecule has 0 spiro atoms. The summed E-state index contributed by atoms with van der Waals surface area (Å²) in [6, 6.07) is 0. The number of Topliss-reactive ketones (excluding diaryl/α,β-unsaturated/α-hetero) is 5. The van der Waals surface area contributed by atoms with E-state index < -0.39 is 170 Å². The van der Waals surface area contributed by atoms with Crippen molar-refractivity contribution in [3.05, 3.63) is 0 Å². The number of hydrogen-bond acceptors (Lipinski definition) is 16. The van der Waals surface area contributed by atoms with Crippen LogP contribution in [0.3, 0.4) is 0 Å². The zero-order valence-electron chi connectivity index (χ0n) is 87.3. The van der Waals surface area contributed by atoms with Crippen molar-refractivity contribution >= 4 is 70.4 Å². The largest absolute Gasteiger partial charge is 0.481 e. The third-order valence-electron chi connectivity index (χ3n) is 16.2. The summed E-state index contributed by atoms with van der Waals surface area (Å²) in [6.07, 6.45) is -10.3. The average Bonchev–Trinajstić information content (AvgIpc) is 1.23. The van der Waals surface area contributed by atoms with Gasteiger partial charge in [-0.25, -0.2) is 4.79 Å². The van der Waals surface area contributed by atoms with Crippen LogP contribution >= 0.6 is 0 Å². The van der Waals surface area contributed by atoms with Crippen molar-refractivity contribution < 1.29 is 104 Å². The fraction of sp³-hybridized carbons (Fsp3) is 0.860. The molecule has 3 rings (SSSR count). The number of hydrogen-bond donors (Lipinski definition) is 6. The number of rotatable bonds is 49. The zero-order valence-corrected chi connectivity index (χ0v) is 71.3. The summed E-state index contributed by atoms with van der Waals surface area (Å²) in [5.41, 5.74) is 0. The van der Waals surface area contributed by atoms with Crippen LogP contribution in [0.5, 0.6) is 0 Å². The maximum absolute atomic E-state index is 12.5. The van der Waals surface area contributed by atoms with E-state index in [0.29, 0.717) is 81.5 Å². The van der Waals surface area contributed by atoms with E-state index in [2.05, 4.69) is 54.3 Å². The first-order valence-electron chi connectivity index (χ1n) is 47.6. The van der Waals surface area contributed by atoms with E-state index in [1.54, 1.807) is 55.4 Å². The highest BCUT2D eigenvalue weighted by molar-refractivity contribution is 5.99. The molecule has 1 unspecified atom stereocenters. The molecule has 0 bridgehead atoms. The van der Waals surface area contributed by atoms with Gasteiger partial charge >= 0.3 is 11.9 Å². The van der Waals surface area contributed by atoms with Gasteiger partial charge in [0, 0.05) is 103 Å². The molecule has 0 aromatic heterocycles. The quantitative estimate of drug-likeness (QED) is 0.0243. The van der Waals surface area contributed by atoms with E-state index in [1.165, 1.54) is 20.8 Å².